The Morgan fingerprint density at radius 2 is 1.06 bits per heavy atom. The molecule has 0 spiro atoms. The first-order valence-electron chi connectivity index (χ1n) is 7.21. The van der Waals surface area contributed by atoms with Gasteiger partial charge >= 0.3 is 0 Å². The first kappa shape index (κ1) is 15.5. The summed E-state index contributed by atoms with van der Waals surface area (Å²) in [6, 6.07) is 0. The van der Waals surface area contributed by atoms with Crippen LogP contribution in [0.3, 0.4) is 0 Å². The molecule has 0 radical (unpaired) electrons. The van der Waals surface area contributed by atoms with Gasteiger partial charge in [0.05, 0.1) is 0 Å². The zero-order valence-electron chi connectivity index (χ0n) is 11.4. The SMILES string of the molecule is CCCCC/C=C\C/C=C\CCCCCC. The van der Waals surface area contributed by atoms with Crippen LogP contribution in [0.15, 0.2) is 24.3 Å². The minimum absolute atomic E-state index is 1.12. The normalized spacial score (nSPS) is 11.9. The van der Waals surface area contributed by atoms with E-state index in [1.807, 2.05) is 0 Å². The van der Waals surface area contributed by atoms with Crippen LogP contribution in [-0.4, -0.2) is 0 Å². The average molecular weight is 222 g/mol. The molecule has 0 atom stereocenters. The zero-order valence-corrected chi connectivity index (χ0v) is 11.4. The Morgan fingerprint density at radius 3 is 1.62 bits per heavy atom. The van der Waals surface area contributed by atoms with Crippen molar-refractivity contribution < 1.29 is 0 Å². The van der Waals surface area contributed by atoms with Gasteiger partial charge in [0.15, 0.2) is 0 Å². The standard InChI is InChI=1S/C16H30/c1-3-5-7-9-11-13-15-16-14-12-10-8-6-4-2/h11,13-14,16H,3-10,12,15H2,1-2H3/b13-11-,16-14-. The van der Waals surface area contributed by atoms with Gasteiger partial charge < -0.3 is 0 Å². The van der Waals surface area contributed by atoms with Gasteiger partial charge in [-0.2, -0.15) is 0 Å². The molecule has 0 heteroatoms. The van der Waals surface area contributed by atoms with E-state index in [9.17, 15) is 0 Å². The van der Waals surface area contributed by atoms with Crippen molar-refractivity contribution in [2.45, 2.75) is 78.1 Å². The van der Waals surface area contributed by atoms with Crippen molar-refractivity contribution in [3.8, 4) is 0 Å². The first-order chi connectivity index (χ1) is 7.91. The molecule has 0 bridgehead atoms. The van der Waals surface area contributed by atoms with E-state index < -0.39 is 0 Å². The van der Waals surface area contributed by atoms with Crippen molar-refractivity contribution in [3.05, 3.63) is 24.3 Å². The lowest BCUT2D eigenvalue weighted by Crippen LogP contribution is -1.73. The highest BCUT2D eigenvalue weighted by molar-refractivity contribution is 4.92. The topological polar surface area (TPSA) is 0 Å². The molecule has 0 N–H and O–H groups in total. The van der Waals surface area contributed by atoms with Gasteiger partial charge in [-0.05, 0) is 32.1 Å². The molecule has 0 aliphatic carbocycles. The summed E-state index contributed by atoms with van der Waals surface area (Å²) in [6.07, 6.45) is 22.5. The fraction of sp³-hybridized carbons (Fsp3) is 0.750. The lowest BCUT2D eigenvalue weighted by Gasteiger charge is -1.93. The molecule has 0 aliphatic heterocycles. The molecule has 0 aliphatic rings. The van der Waals surface area contributed by atoms with Gasteiger partial charge in [-0.25, -0.2) is 0 Å². The Morgan fingerprint density at radius 1 is 0.562 bits per heavy atom. The van der Waals surface area contributed by atoms with Crippen LogP contribution in [0.4, 0.5) is 0 Å². The van der Waals surface area contributed by atoms with E-state index in [0.29, 0.717) is 0 Å². The van der Waals surface area contributed by atoms with Crippen molar-refractivity contribution in [2.75, 3.05) is 0 Å². The van der Waals surface area contributed by atoms with Crippen LogP contribution < -0.4 is 0 Å². The summed E-state index contributed by atoms with van der Waals surface area (Å²) in [4.78, 5) is 0. The van der Waals surface area contributed by atoms with Gasteiger partial charge in [-0.1, -0.05) is 70.3 Å². The highest BCUT2D eigenvalue weighted by atomic mass is 13.9. The van der Waals surface area contributed by atoms with Crippen molar-refractivity contribution in [3.63, 3.8) is 0 Å². The average Bonchev–Trinajstić information content (AvgIpc) is 2.31. The molecule has 0 saturated heterocycles. The summed E-state index contributed by atoms with van der Waals surface area (Å²) in [5.41, 5.74) is 0. The summed E-state index contributed by atoms with van der Waals surface area (Å²) in [5.74, 6) is 0. The molecule has 16 heavy (non-hydrogen) atoms. The lowest BCUT2D eigenvalue weighted by atomic mass is 10.1. The molecule has 0 aromatic carbocycles. The van der Waals surface area contributed by atoms with Crippen LogP contribution in [0, 0.1) is 0 Å². The summed E-state index contributed by atoms with van der Waals surface area (Å²) >= 11 is 0. The second-order valence-corrected chi connectivity index (χ2v) is 4.52. The van der Waals surface area contributed by atoms with E-state index in [-0.39, 0.29) is 0 Å². The molecule has 0 rings (SSSR count). The summed E-state index contributed by atoms with van der Waals surface area (Å²) in [6.45, 7) is 4.52. The molecular weight excluding hydrogens is 192 g/mol. The minimum Gasteiger partial charge on any atom is -0.0882 e. The molecule has 0 unspecified atom stereocenters. The summed E-state index contributed by atoms with van der Waals surface area (Å²) in [7, 11) is 0. The Labute approximate surface area is 103 Å². The lowest BCUT2D eigenvalue weighted by molar-refractivity contribution is 0.674. The minimum atomic E-state index is 1.12. The van der Waals surface area contributed by atoms with E-state index in [1.165, 1.54) is 57.8 Å². The van der Waals surface area contributed by atoms with Crippen molar-refractivity contribution in [1.82, 2.24) is 0 Å². The van der Waals surface area contributed by atoms with E-state index in [0.717, 1.165) is 6.42 Å². The van der Waals surface area contributed by atoms with E-state index >= 15 is 0 Å². The molecule has 0 fully saturated rings. The van der Waals surface area contributed by atoms with Gasteiger partial charge in [0, 0.05) is 0 Å². The summed E-state index contributed by atoms with van der Waals surface area (Å²) < 4.78 is 0. The molecular formula is C16H30. The van der Waals surface area contributed by atoms with Gasteiger partial charge in [0.1, 0.15) is 0 Å². The third-order valence-corrected chi connectivity index (χ3v) is 2.80. The van der Waals surface area contributed by atoms with Crippen LogP contribution >= 0.6 is 0 Å². The Kier molecular flexibility index (Phi) is 14.0. The van der Waals surface area contributed by atoms with Crippen LogP contribution in [0.2, 0.25) is 0 Å². The van der Waals surface area contributed by atoms with E-state index in [4.69, 9.17) is 0 Å². The van der Waals surface area contributed by atoms with Crippen LogP contribution in [0.25, 0.3) is 0 Å². The second-order valence-electron chi connectivity index (χ2n) is 4.52. The van der Waals surface area contributed by atoms with Crippen molar-refractivity contribution in [1.29, 1.82) is 0 Å². The molecule has 0 amide bonds. The molecule has 0 aromatic rings. The maximum Gasteiger partial charge on any atom is -0.0169 e. The first-order valence-corrected chi connectivity index (χ1v) is 7.21. The summed E-state index contributed by atoms with van der Waals surface area (Å²) in [5, 5.41) is 0. The van der Waals surface area contributed by atoms with Crippen LogP contribution in [-0.2, 0) is 0 Å². The number of rotatable bonds is 11. The fourth-order valence-corrected chi connectivity index (χ4v) is 1.71. The predicted octanol–water partition coefficient (Wildman–Crippen LogP) is 6.04. The fourth-order valence-electron chi connectivity index (χ4n) is 1.71. The second kappa shape index (κ2) is 14.5. The highest BCUT2D eigenvalue weighted by Crippen LogP contribution is 2.04. The van der Waals surface area contributed by atoms with Gasteiger partial charge in [-0.3, -0.25) is 0 Å². The molecule has 0 aromatic heterocycles. The van der Waals surface area contributed by atoms with Gasteiger partial charge in [-0.15, -0.1) is 0 Å². The maximum absolute atomic E-state index is 2.34. The quantitative estimate of drug-likeness (QED) is 0.295. The highest BCUT2D eigenvalue weighted by Gasteiger charge is 1.84. The number of hydrogen-bond donors (Lipinski definition) is 0. The Balaban J connectivity index is 3.14. The molecule has 94 valence electrons. The number of unbranched alkanes of at least 4 members (excludes halogenated alkanes) is 7. The molecule has 0 heterocycles. The van der Waals surface area contributed by atoms with E-state index in [1.54, 1.807) is 0 Å². The maximum atomic E-state index is 2.34. The third-order valence-electron chi connectivity index (χ3n) is 2.80. The van der Waals surface area contributed by atoms with Crippen molar-refractivity contribution >= 4 is 0 Å². The number of allylic oxidation sites excluding steroid dienone is 4. The predicted molar refractivity (Wildman–Crippen MR) is 75.8 cm³/mol. The monoisotopic (exact) mass is 222 g/mol. The number of hydrogen-bond acceptors (Lipinski definition) is 0. The Bertz CT molecular complexity index is 165. The zero-order chi connectivity index (χ0) is 11.9. The third kappa shape index (κ3) is 13.5. The molecule has 0 saturated carbocycles. The van der Waals surface area contributed by atoms with Gasteiger partial charge in [0.25, 0.3) is 0 Å². The Hall–Kier alpha value is -0.520. The molecule has 0 nitrogen and oxygen atoms in total. The van der Waals surface area contributed by atoms with Crippen LogP contribution in [0.1, 0.15) is 78.1 Å². The van der Waals surface area contributed by atoms with Gasteiger partial charge in [0.2, 0.25) is 0 Å². The smallest absolute Gasteiger partial charge is 0.0169 e. The van der Waals surface area contributed by atoms with Crippen LogP contribution in [0.5, 0.6) is 0 Å². The largest absolute Gasteiger partial charge is 0.0882 e. The van der Waals surface area contributed by atoms with Crippen molar-refractivity contribution in [2.24, 2.45) is 0 Å². The van der Waals surface area contributed by atoms with E-state index in [2.05, 4.69) is 38.2 Å².